The van der Waals surface area contributed by atoms with Crippen LogP contribution in [-0.2, 0) is 9.63 Å². The highest BCUT2D eigenvalue weighted by Gasteiger charge is 2.39. The summed E-state index contributed by atoms with van der Waals surface area (Å²) in [5, 5.41) is 0. The minimum Gasteiger partial charge on any atom is -0.274 e. The molecule has 1 N–H and O–H groups in total. The largest absolute Gasteiger partial charge is 0.274 e. The Labute approximate surface area is 81.8 Å². The molecule has 1 aliphatic carbocycles. The fourth-order valence-electron chi connectivity index (χ4n) is 1.62. The number of rotatable bonds is 3. The highest BCUT2D eigenvalue weighted by atomic mass is 19.3. The first-order valence-electron chi connectivity index (χ1n) is 4.84. The molecule has 82 valence electrons. The lowest BCUT2D eigenvalue weighted by Crippen LogP contribution is -2.37. The van der Waals surface area contributed by atoms with E-state index in [2.05, 4.69) is 10.3 Å². The van der Waals surface area contributed by atoms with Crippen LogP contribution in [0.2, 0.25) is 0 Å². The highest BCUT2D eigenvalue weighted by molar-refractivity contribution is 5.77. The number of hydrogen-bond acceptors (Lipinski definition) is 2. The van der Waals surface area contributed by atoms with Crippen LogP contribution in [-0.4, -0.2) is 18.4 Å². The van der Waals surface area contributed by atoms with Crippen molar-refractivity contribution in [1.82, 2.24) is 5.48 Å². The summed E-state index contributed by atoms with van der Waals surface area (Å²) in [5.74, 6) is -3.72. The predicted molar refractivity (Wildman–Crippen MR) is 46.7 cm³/mol. The average Bonchev–Trinajstić information content (AvgIpc) is 2.12. The molecule has 0 spiro atoms. The third kappa shape index (κ3) is 3.21. The van der Waals surface area contributed by atoms with Crippen LogP contribution in [0.3, 0.4) is 0 Å². The van der Waals surface area contributed by atoms with E-state index in [9.17, 15) is 13.6 Å². The maximum atomic E-state index is 12.9. The molecule has 1 unspecified atom stereocenters. The zero-order chi connectivity index (χ0) is 10.6. The van der Waals surface area contributed by atoms with E-state index in [1.807, 2.05) is 0 Å². The Bertz CT molecular complexity index is 209. The Morgan fingerprint density at radius 3 is 2.93 bits per heavy atom. The third-order valence-electron chi connectivity index (χ3n) is 2.33. The Balaban J connectivity index is 2.40. The van der Waals surface area contributed by atoms with Gasteiger partial charge in [0.05, 0.1) is 6.61 Å². The predicted octanol–water partition coefficient (Wildman–Crippen LogP) is 1.88. The van der Waals surface area contributed by atoms with Crippen molar-refractivity contribution in [3.63, 3.8) is 0 Å². The second-order valence-corrected chi connectivity index (χ2v) is 3.55. The Hall–Kier alpha value is -0.710. The van der Waals surface area contributed by atoms with Gasteiger partial charge in [0, 0.05) is 18.8 Å². The minimum atomic E-state index is -2.69. The summed E-state index contributed by atoms with van der Waals surface area (Å²) in [7, 11) is 0. The second kappa shape index (κ2) is 4.68. The number of amides is 1. The Morgan fingerprint density at radius 2 is 2.36 bits per heavy atom. The standard InChI is InChI=1S/C9H15F2NO2/c1-2-14-12-8(13)7-4-3-5-9(10,11)6-7/h7H,2-6H2,1H3,(H,12,13). The van der Waals surface area contributed by atoms with Gasteiger partial charge in [-0.1, -0.05) is 0 Å². The molecule has 1 aliphatic rings. The Kier molecular flexibility index (Phi) is 3.80. The van der Waals surface area contributed by atoms with E-state index in [-0.39, 0.29) is 12.8 Å². The van der Waals surface area contributed by atoms with Gasteiger partial charge in [-0.05, 0) is 19.8 Å². The van der Waals surface area contributed by atoms with Crippen molar-refractivity contribution >= 4 is 5.91 Å². The minimum absolute atomic E-state index is 0.106. The molecule has 1 amide bonds. The first-order chi connectivity index (χ1) is 6.55. The van der Waals surface area contributed by atoms with Gasteiger partial charge < -0.3 is 0 Å². The number of alkyl halides is 2. The van der Waals surface area contributed by atoms with Crippen LogP contribution in [0.5, 0.6) is 0 Å². The van der Waals surface area contributed by atoms with E-state index >= 15 is 0 Å². The molecule has 3 nitrogen and oxygen atoms in total. The molecule has 1 saturated carbocycles. The zero-order valence-corrected chi connectivity index (χ0v) is 8.19. The first kappa shape index (κ1) is 11.4. The molecular weight excluding hydrogens is 192 g/mol. The van der Waals surface area contributed by atoms with Crippen molar-refractivity contribution in [3.05, 3.63) is 0 Å². The quantitative estimate of drug-likeness (QED) is 0.717. The number of halogens is 2. The molecule has 0 aromatic rings. The molecule has 1 fully saturated rings. The maximum Gasteiger partial charge on any atom is 0.248 e. The van der Waals surface area contributed by atoms with Gasteiger partial charge in [-0.15, -0.1) is 0 Å². The van der Waals surface area contributed by atoms with Gasteiger partial charge in [0.1, 0.15) is 0 Å². The van der Waals surface area contributed by atoms with Crippen LogP contribution in [0.15, 0.2) is 0 Å². The van der Waals surface area contributed by atoms with Crippen LogP contribution < -0.4 is 5.48 Å². The lowest BCUT2D eigenvalue weighted by Gasteiger charge is -2.27. The summed E-state index contributed by atoms with van der Waals surface area (Å²) < 4.78 is 25.8. The van der Waals surface area contributed by atoms with Crippen molar-refractivity contribution < 1.29 is 18.4 Å². The second-order valence-electron chi connectivity index (χ2n) is 3.55. The Morgan fingerprint density at radius 1 is 1.64 bits per heavy atom. The van der Waals surface area contributed by atoms with Crippen molar-refractivity contribution in [2.75, 3.05) is 6.61 Å². The van der Waals surface area contributed by atoms with Gasteiger partial charge in [0.25, 0.3) is 0 Å². The first-order valence-corrected chi connectivity index (χ1v) is 4.84. The third-order valence-corrected chi connectivity index (χ3v) is 2.33. The van der Waals surface area contributed by atoms with E-state index in [1.54, 1.807) is 6.92 Å². The maximum absolute atomic E-state index is 12.9. The molecule has 0 aromatic carbocycles. The molecule has 0 aromatic heterocycles. The lowest BCUT2D eigenvalue weighted by atomic mass is 9.86. The van der Waals surface area contributed by atoms with E-state index in [0.29, 0.717) is 19.4 Å². The molecule has 14 heavy (non-hydrogen) atoms. The van der Waals surface area contributed by atoms with Crippen molar-refractivity contribution in [2.24, 2.45) is 5.92 Å². The molecule has 0 heterocycles. The molecule has 0 radical (unpaired) electrons. The smallest absolute Gasteiger partial charge is 0.248 e. The summed E-state index contributed by atoms with van der Waals surface area (Å²) in [5.41, 5.74) is 2.17. The summed E-state index contributed by atoms with van der Waals surface area (Å²) in [6.07, 6.45) is 0.461. The van der Waals surface area contributed by atoms with Crippen LogP contribution >= 0.6 is 0 Å². The van der Waals surface area contributed by atoms with Gasteiger partial charge in [0.15, 0.2) is 0 Å². The lowest BCUT2D eigenvalue weighted by molar-refractivity contribution is -0.144. The molecule has 0 aliphatic heterocycles. The van der Waals surface area contributed by atoms with Crippen molar-refractivity contribution in [3.8, 4) is 0 Å². The summed E-state index contributed by atoms with van der Waals surface area (Å²) >= 11 is 0. The normalized spacial score (nSPS) is 25.8. The van der Waals surface area contributed by atoms with Gasteiger partial charge in [0.2, 0.25) is 11.8 Å². The molecule has 5 heteroatoms. The number of hydroxylamine groups is 1. The topological polar surface area (TPSA) is 38.3 Å². The van der Waals surface area contributed by atoms with Gasteiger partial charge in [-0.25, -0.2) is 14.3 Å². The van der Waals surface area contributed by atoms with E-state index < -0.39 is 17.7 Å². The van der Waals surface area contributed by atoms with Crippen molar-refractivity contribution in [2.45, 2.75) is 38.5 Å². The summed E-state index contributed by atoms with van der Waals surface area (Å²) in [6, 6.07) is 0. The monoisotopic (exact) mass is 207 g/mol. The van der Waals surface area contributed by atoms with Gasteiger partial charge in [-0.3, -0.25) is 9.63 Å². The van der Waals surface area contributed by atoms with Crippen LogP contribution in [0, 0.1) is 5.92 Å². The molecular formula is C9H15F2NO2. The van der Waals surface area contributed by atoms with Crippen LogP contribution in [0.25, 0.3) is 0 Å². The molecule has 0 saturated heterocycles. The fraction of sp³-hybridized carbons (Fsp3) is 0.889. The van der Waals surface area contributed by atoms with Gasteiger partial charge in [-0.2, -0.15) is 0 Å². The molecule has 1 rings (SSSR count). The molecule has 1 atom stereocenters. The summed E-state index contributed by atoms with van der Waals surface area (Å²) in [4.78, 5) is 15.9. The number of nitrogens with one attached hydrogen (secondary N) is 1. The molecule has 0 bridgehead atoms. The van der Waals surface area contributed by atoms with Gasteiger partial charge >= 0.3 is 0 Å². The zero-order valence-electron chi connectivity index (χ0n) is 8.19. The number of carbonyl (C=O) groups is 1. The van der Waals surface area contributed by atoms with Crippen LogP contribution in [0.4, 0.5) is 8.78 Å². The summed E-state index contributed by atoms with van der Waals surface area (Å²) in [6.45, 7) is 2.06. The average molecular weight is 207 g/mol. The highest BCUT2D eigenvalue weighted by Crippen LogP contribution is 2.36. The fourth-order valence-corrected chi connectivity index (χ4v) is 1.62. The van der Waals surface area contributed by atoms with E-state index in [0.717, 1.165) is 0 Å². The van der Waals surface area contributed by atoms with Crippen LogP contribution in [0.1, 0.15) is 32.6 Å². The van der Waals surface area contributed by atoms with Crippen molar-refractivity contribution in [1.29, 1.82) is 0 Å². The number of hydrogen-bond donors (Lipinski definition) is 1. The van der Waals surface area contributed by atoms with E-state index in [1.165, 1.54) is 0 Å². The SMILES string of the molecule is CCONC(=O)C1CCCC(F)(F)C1. The van der Waals surface area contributed by atoms with E-state index in [4.69, 9.17) is 0 Å². The number of carbonyl (C=O) groups excluding carboxylic acids is 1.